The van der Waals surface area contributed by atoms with Crippen LogP contribution in [0.5, 0.6) is 0 Å². The van der Waals surface area contributed by atoms with Crippen molar-refractivity contribution in [3.8, 4) is 0 Å². The van der Waals surface area contributed by atoms with Crippen LogP contribution < -0.4 is 5.32 Å². The van der Waals surface area contributed by atoms with E-state index in [0.717, 1.165) is 5.69 Å². The molecule has 0 spiro atoms. The van der Waals surface area contributed by atoms with Gasteiger partial charge in [0.25, 0.3) is 5.91 Å². The third-order valence-electron chi connectivity index (χ3n) is 4.58. The largest absolute Gasteiger partial charge is 0.378 e. The fourth-order valence-corrected chi connectivity index (χ4v) is 3.35. The zero-order valence-corrected chi connectivity index (χ0v) is 16.7. The molecule has 0 unspecified atom stereocenters. The molecule has 4 rings (SSSR count). The SMILES string of the molecule is Cc1ccc2c(Nc3ccc(Cl)cc3F)ncc(C(=O)N3CCOCC3)n12.Cl. The summed E-state index contributed by atoms with van der Waals surface area (Å²) in [6.07, 6.45) is 1.52. The summed E-state index contributed by atoms with van der Waals surface area (Å²) < 4.78 is 21.3. The molecule has 28 heavy (non-hydrogen) atoms. The van der Waals surface area contributed by atoms with Crippen molar-refractivity contribution in [1.29, 1.82) is 0 Å². The summed E-state index contributed by atoms with van der Waals surface area (Å²) in [6, 6.07) is 8.15. The Morgan fingerprint density at radius 2 is 2.00 bits per heavy atom. The predicted molar refractivity (Wildman–Crippen MR) is 109 cm³/mol. The van der Waals surface area contributed by atoms with Crippen LogP contribution in [0.25, 0.3) is 5.52 Å². The first-order chi connectivity index (χ1) is 13.0. The summed E-state index contributed by atoms with van der Waals surface area (Å²) in [5.41, 5.74) is 2.32. The number of ether oxygens (including phenoxy) is 1. The minimum Gasteiger partial charge on any atom is -0.378 e. The Morgan fingerprint density at radius 3 is 2.71 bits per heavy atom. The highest BCUT2D eigenvalue weighted by molar-refractivity contribution is 6.30. The van der Waals surface area contributed by atoms with Crippen LogP contribution in [-0.2, 0) is 4.74 Å². The van der Waals surface area contributed by atoms with Gasteiger partial charge in [-0.05, 0) is 37.3 Å². The molecule has 1 aromatic carbocycles. The van der Waals surface area contributed by atoms with E-state index in [1.807, 2.05) is 23.5 Å². The molecule has 0 radical (unpaired) electrons. The van der Waals surface area contributed by atoms with Crippen LogP contribution in [-0.4, -0.2) is 46.5 Å². The van der Waals surface area contributed by atoms with Crippen molar-refractivity contribution in [2.24, 2.45) is 0 Å². The maximum atomic E-state index is 14.1. The Kier molecular flexibility index (Phi) is 6.07. The molecule has 1 aliphatic heterocycles. The molecule has 1 amide bonds. The number of fused-ring (bicyclic) bond motifs is 1. The molecule has 1 N–H and O–H groups in total. The summed E-state index contributed by atoms with van der Waals surface area (Å²) in [5, 5.41) is 3.31. The molecular formula is C19H19Cl2FN4O2. The molecule has 0 bridgehead atoms. The molecule has 3 aromatic rings. The van der Waals surface area contributed by atoms with Crippen LogP contribution >= 0.6 is 24.0 Å². The maximum absolute atomic E-state index is 14.1. The molecule has 0 saturated carbocycles. The fraction of sp³-hybridized carbons (Fsp3) is 0.263. The lowest BCUT2D eigenvalue weighted by Crippen LogP contribution is -2.41. The number of anilines is 2. The Bertz CT molecular complexity index is 1020. The normalized spacial score (nSPS) is 14.0. The smallest absolute Gasteiger partial charge is 0.272 e. The number of morpholine rings is 1. The van der Waals surface area contributed by atoms with Gasteiger partial charge < -0.3 is 19.4 Å². The molecule has 6 nitrogen and oxygen atoms in total. The minimum atomic E-state index is -0.473. The first-order valence-corrected chi connectivity index (χ1v) is 8.98. The number of hydrogen-bond acceptors (Lipinski definition) is 4. The van der Waals surface area contributed by atoms with Crippen molar-refractivity contribution in [3.05, 3.63) is 58.8 Å². The number of hydrogen-bond donors (Lipinski definition) is 1. The van der Waals surface area contributed by atoms with Crippen LogP contribution in [0.15, 0.2) is 36.5 Å². The second-order valence-electron chi connectivity index (χ2n) is 6.34. The zero-order chi connectivity index (χ0) is 19.0. The van der Waals surface area contributed by atoms with Crippen LogP contribution in [0.1, 0.15) is 16.2 Å². The van der Waals surface area contributed by atoms with Crippen molar-refractivity contribution in [2.75, 3.05) is 31.6 Å². The Labute approximate surface area is 172 Å². The van der Waals surface area contributed by atoms with Crippen molar-refractivity contribution in [2.45, 2.75) is 6.92 Å². The number of amides is 1. The standard InChI is InChI=1S/C19H18ClFN4O2.ClH/c1-12-2-5-16-18(23-15-4-3-13(20)10-14(15)21)22-11-17(25(12)16)19(26)24-6-8-27-9-7-24;/h2-5,10-11H,6-9H2,1H3,(H,22,23);1H. The van der Waals surface area contributed by atoms with Gasteiger partial charge in [0.1, 0.15) is 11.5 Å². The summed E-state index contributed by atoms with van der Waals surface area (Å²) in [7, 11) is 0. The number of rotatable bonds is 3. The van der Waals surface area contributed by atoms with Gasteiger partial charge >= 0.3 is 0 Å². The summed E-state index contributed by atoms with van der Waals surface area (Å²) in [6.45, 7) is 4.08. The molecule has 1 aliphatic rings. The quantitative estimate of drug-likeness (QED) is 0.688. The number of aryl methyl sites for hydroxylation is 1. The van der Waals surface area contributed by atoms with Gasteiger partial charge in [-0.1, -0.05) is 11.6 Å². The maximum Gasteiger partial charge on any atom is 0.272 e. The van der Waals surface area contributed by atoms with E-state index in [2.05, 4.69) is 10.3 Å². The molecule has 3 heterocycles. The monoisotopic (exact) mass is 424 g/mol. The highest BCUT2D eigenvalue weighted by Gasteiger charge is 2.23. The van der Waals surface area contributed by atoms with Gasteiger partial charge in [-0.2, -0.15) is 0 Å². The number of aromatic nitrogens is 2. The number of nitrogens with zero attached hydrogens (tertiary/aromatic N) is 3. The number of benzene rings is 1. The molecule has 2 aromatic heterocycles. The predicted octanol–water partition coefficient (Wildman–Crippen LogP) is 4.07. The molecule has 148 valence electrons. The average Bonchev–Trinajstić information content (AvgIpc) is 3.07. The third kappa shape index (κ3) is 3.78. The molecule has 1 fully saturated rings. The molecule has 1 saturated heterocycles. The Hall–Kier alpha value is -2.35. The van der Waals surface area contributed by atoms with Crippen molar-refractivity contribution in [1.82, 2.24) is 14.3 Å². The fourth-order valence-electron chi connectivity index (χ4n) is 3.19. The molecular weight excluding hydrogens is 406 g/mol. The van der Waals surface area contributed by atoms with Gasteiger partial charge in [-0.25, -0.2) is 9.37 Å². The second kappa shape index (κ2) is 8.34. The topological polar surface area (TPSA) is 58.9 Å². The lowest BCUT2D eigenvalue weighted by Gasteiger charge is -2.27. The van der Waals surface area contributed by atoms with Crippen molar-refractivity contribution < 1.29 is 13.9 Å². The van der Waals surface area contributed by atoms with Gasteiger partial charge in [0.05, 0.1) is 30.6 Å². The molecule has 0 atom stereocenters. The van der Waals surface area contributed by atoms with Crippen LogP contribution in [0.3, 0.4) is 0 Å². The highest BCUT2D eigenvalue weighted by atomic mass is 35.5. The number of nitrogens with one attached hydrogen (secondary N) is 1. The third-order valence-corrected chi connectivity index (χ3v) is 4.81. The van der Waals surface area contributed by atoms with Gasteiger partial charge in [-0.15, -0.1) is 12.4 Å². The highest BCUT2D eigenvalue weighted by Crippen LogP contribution is 2.26. The van der Waals surface area contributed by atoms with E-state index in [1.54, 1.807) is 17.0 Å². The zero-order valence-electron chi connectivity index (χ0n) is 15.1. The number of carbonyl (C=O) groups is 1. The van der Waals surface area contributed by atoms with Crippen LogP contribution in [0, 0.1) is 12.7 Å². The van der Waals surface area contributed by atoms with E-state index in [1.165, 1.54) is 12.3 Å². The van der Waals surface area contributed by atoms with E-state index in [0.29, 0.717) is 48.4 Å². The van der Waals surface area contributed by atoms with Gasteiger partial charge in [0, 0.05) is 23.8 Å². The van der Waals surface area contributed by atoms with Crippen molar-refractivity contribution in [3.63, 3.8) is 0 Å². The van der Waals surface area contributed by atoms with E-state index in [-0.39, 0.29) is 24.0 Å². The van der Waals surface area contributed by atoms with E-state index in [4.69, 9.17) is 16.3 Å². The van der Waals surface area contributed by atoms with Gasteiger partial charge in [0.2, 0.25) is 0 Å². The van der Waals surface area contributed by atoms with E-state index in [9.17, 15) is 9.18 Å². The summed E-state index contributed by atoms with van der Waals surface area (Å²) in [5.74, 6) is -0.110. The van der Waals surface area contributed by atoms with Gasteiger partial charge in [-0.3, -0.25) is 4.79 Å². The average molecular weight is 425 g/mol. The van der Waals surface area contributed by atoms with Crippen LogP contribution in [0.4, 0.5) is 15.9 Å². The first kappa shape index (κ1) is 20.4. The molecule has 0 aliphatic carbocycles. The lowest BCUT2D eigenvalue weighted by molar-refractivity contribution is 0.0297. The van der Waals surface area contributed by atoms with Crippen LogP contribution in [0.2, 0.25) is 5.02 Å². The van der Waals surface area contributed by atoms with E-state index < -0.39 is 5.82 Å². The minimum absolute atomic E-state index is 0. The number of halogens is 3. The first-order valence-electron chi connectivity index (χ1n) is 8.61. The number of carbonyl (C=O) groups excluding carboxylic acids is 1. The Balaban J connectivity index is 0.00000225. The summed E-state index contributed by atoms with van der Waals surface area (Å²) >= 11 is 5.81. The molecule has 9 heteroatoms. The summed E-state index contributed by atoms with van der Waals surface area (Å²) in [4.78, 5) is 19.1. The van der Waals surface area contributed by atoms with Gasteiger partial charge in [0.15, 0.2) is 5.82 Å². The Morgan fingerprint density at radius 1 is 1.25 bits per heavy atom. The second-order valence-corrected chi connectivity index (χ2v) is 6.78. The van der Waals surface area contributed by atoms with E-state index >= 15 is 0 Å². The lowest BCUT2D eigenvalue weighted by atomic mass is 10.3. The van der Waals surface area contributed by atoms with Crippen molar-refractivity contribution >= 4 is 46.9 Å².